The molecular formula is C22H29N3O3. The molecule has 1 unspecified atom stereocenters. The first kappa shape index (κ1) is 20.1. The molecule has 1 aliphatic heterocycles. The second-order valence-corrected chi connectivity index (χ2v) is 7.61. The Hall–Kier alpha value is -2.60. The van der Waals surface area contributed by atoms with E-state index >= 15 is 0 Å². The number of rotatable bonds is 6. The molecule has 1 aromatic carbocycles. The second kappa shape index (κ2) is 9.55. The molecule has 28 heavy (non-hydrogen) atoms. The lowest BCUT2D eigenvalue weighted by Crippen LogP contribution is -2.52. The maximum atomic E-state index is 13.1. The van der Waals surface area contributed by atoms with Crippen molar-refractivity contribution in [2.75, 3.05) is 26.2 Å². The van der Waals surface area contributed by atoms with Crippen LogP contribution in [-0.2, 0) is 11.3 Å². The third kappa shape index (κ3) is 5.23. The number of nitrogens with one attached hydrogen (secondary N) is 1. The SMILES string of the molecule is CC(C)C(NC(=O)c1ccco1)C(=O)N1CCCN(Cc2ccccc2)CC1. The van der Waals surface area contributed by atoms with E-state index in [0.717, 1.165) is 26.1 Å². The van der Waals surface area contributed by atoms with Crippen molar-refractivity contribution in [1.82, 2.24) is 15.1 Å². The van der Waals surface area contributed by atoms with Crippen LogP contribution in [0.4, 0.5) is 0 Å². The first-order valence-electron chi connectivity index (χ1n) is 9.94. The zero-order valence-corrected chi connectivity index (χ0v) is 16.6. The van der Waals surface area contributed by atoms with Gasteiger partial charge in [-0.2, -0.15) is 0 Å². The molecule has 150 valence electrons. The summed E-state index contributed by atoms with van der Waals surface area (Å²) in [6.45, 7) is 7.97. The van der Waals surface area contributed by atoms with Gasteiger partial charge in [-0.15, -0.1) is 0 Å². The highest BCUT2D eigenvalue weighted by Gasteiger charge is 2.30. The van der Waals surface area contributed by atoms with Gasteiger partial charge in [-0.1, -0.05) is 44.2 Å². The van der Waals surface area contributed by atoms with Crippen molar-refractivity contribution in [2.45, 2.75) is 32.9 Å². The van der Waals surface area contributed by atoms with Crippen molar-refractivity contribution in [3.8, 4) is 0 Å². The lowest BCUT2D eigenvalue weighted by atomic mass is 10.0. The van der Waals surface area contributed by atoms with E-state index in [0.29, 0.717) is 13.1 Å². The molecule has 0 aliphatic carbocycles. The van der Waals surface area contributed by atoms with Crippen LogP contribution < -0.4 is 5.32 Å². The third-order valence-electron chi connectivity index (χ3n) is 5.11. The molecule has 1 aliphatic rings. The van der Waals surface area contributed by atoms with Crippen LogP contribution in [0, 0.1) is 5.92 Å². The Morgan fingerprint density at radius 1 is 1.04 bits per heavy atom. The molecule has 1 aromatic heterocycles. The minimum atomic E-state index is -0.557. The minimum Gasteiger partial charge on any atom is -0.459 e. The molecule has 1 N–H and O–H groups in total. The molecular weight excluding hydrogens is 354 g/mol. The van der Waals surface area contributed by atoms with Crippen molar-refractivity contribution < 1.29 is 14.0 Å². The molecule has 0 bridgehead atoms. The van der Waals surface area contributed by atoms with Crippen LogP contribution in [0.25, 0.3) is 0 Å². The molecule has 6 heteroatoms. The van der Waals surface area contributed by atoms with E-state index in [9.17, 15) is 9.59 Å². The smallest absolute Gasteiger partial charge is 0.287 e. The van der Waals surface area contributed by atoms with Gasteiger partial charge in [0.2, 0.25) is 5.91 Å². The number of amides is 2. The topological polar surface area (TPSA) is 65.8 Å². The average Bonchev–Trinajstić information content (AvgIpc) is 3.13. The van der Waals surface area contributed by atoms with Crippen LogP contribution in [-0.4, -0.2) is 53.8 Å². The number of carbonyl (C=O) groups excluding carboxylic acids is 2. The Balaban J connectivity index is 1.59. The van der Waals surface area contributed by atoms with E-state index in [4.69, 9.17) is 4.42 Å². The summed E-state index contributed by atoms with van der Waals surface area (Å²) >= 11 is 0. The monoisotopic (exact) mass is 383 g/mol. The van der Waals surface area contributed by atoms with Crippen molar-refractivity contribution >= 4 is 11.8 Å². The third-order valence-corrected chi connectivity index (χ3v) is 5.11. The Kier molecular flexibility index (Phi) is 6.87. The van der Waals surface area contributed by atoms with Crippen molar-refractivity contribution in [1.29, 1.82) is 0 Å². The largest absolute Gasteiger partial charge is 0.459 e. The molecule has 2 heterocycles. The average molecular weight is 383 g/mol. The summed E-state index contributed by atoms with van der Waals surface area (Å²) in [5.74, 6) is -0.146. The van der Waals surface area contributed by atoms with Gasteiger partial charge in [0, 0.05) is 32.7 Å². The van der Waals surface area contributed by atoms with Gasteiger partial charge in [-0.05, 0) is 30.0 Å². The Morgan fingerprint density at radius 2 is 1.82 bits per heavy atom. The number of benzene rings is 1. The molecule has 1 fully saturated rings. The predicted octanol–water partition coefficient (Wildman–Crippen LogP) is 2.77. The number of furan rings is 1. The van der Waals surface area contributed by atoms with Crippen LogP contribution in [0.2, 0.25) is 0 Å². The van der Waals surface area contributed by atoms with Gasteiger partial charge in [0.1, 0.15) is 6.04 Å². The maximum Gasteiger partial charge on any atom is 0.287 e. The molecule has 0 spiro atoms. The number of hydrogen-bond donors (Lipinski definition) is 1. The Bertz CT molecular complexity index is 759. The zero-order chi connectivity index (χ0) is 19.9. The Morgan fingerprint density at radius 3 is 2.50 bits per heavy atom. The summed E-state index contributed by atoms with van der Waals surface area (Å²) in [6.07, 6.45) is 2.38. The highest BCUT2D eigenvalue weighted by molar-refractivity contribution is 5.95. The number of nitrogens with zero attached hydrogens (tertiary/aromatic N) is 2. The number of hydrogen-bond acceptors (Lipinski definition) is 4. The number of carbonyl (C=O) groups is 2. The molecule has 2 aromatic rings. The van der Waals surface area contributed by atoms with Crippen LogP contribution >= 0.6 is 0 Å². The van der Waals surface area contributed by atoms with E-state index < -0.39 is 6.04 Å². The van der Waals surface area contributed by atoms with Crippen molar-refractivity contribution in [2.24, 2.45) is 5.92 Å². The van der Waals surface area contributed by atoms with E-state index in [2.05, 4.69) is 34.5 Å². The van der Waals surface area contributed by atoms with E-state index in [-0.39, 0.29) is 23.5 Å². The van der Waals surface area contributed by atoms with Gasteiger partial charge in [0.05, 0.1) is 6.26 Å². The van der Waals surface area contributed by atoms with Crippen LogP contribution in [0.3, 0.4) is 0 Å². The first-order valence-corrected chi connectivity index (χ1v) is 9.94. The van der Waals surface area contributed by atoms with Gasteiger partial charge < -0.3 is 14.6 Å². The van der Waals surface area contributed by atoms with Crippen molar-refractivity contribution in [3.05, 3.63) is 60.1 Å². The fourth-order valence-corrected chi connectivity index (χ4v) is 3.52. The van der Waals surface area contributed by atoms with Crippen LogP contribution in [0.15, 0.2) is 53.1 Å². The van der Waals surface area contributed by atoms with Gasteiger partial charge in [0.15, 0.2) is 5.76 Å². The van der Waals surface area contributed by atoms with Crippen molar-refractivity contribution in [3.63, 3.8) is 0 Å². The quantitative estimate of drug-likeness (QED) is 0.833. The zero-order valence-electron chi connectivity index (χ0n) is 16.6. The highest BCUT2D eigenvalue weighted by atomic mass is 16.3. The normalized spacial score (nSPS) is 16.6. The maximum absolute atomic E-state index is 13.1. The van der Waals surface area contributed by atoms with Crippen LogP contribution in [0.1, 0.15) is 36.4 Å². The van der Waals surface area contributed by atoms with Gasteiger partial charge in [-0.25, -0.2) is 0 Å². The molecule has 1 atom stereocenters. The molecule has 2 amide bonds. The van der Waals surface area contributed by atoms with Crippen LogP contribution in [0.5, 0.6) is 0 Å². The van der Waals surface area contributed by atoms with E-state index in [1.807, 2.05) is 24.8 Å². The fraction of sp³-hybridized carbons (Fsp3) is 0.455. The summed E-state index contributed by atoms with van der Waals surface area (Å²) < 4.78 is 5.15. The Labute approximate surface area is 166 Å². The minimum absolute atomic E-state index is 0.00455. The van der Waals surface area contributed by atoms with E-state index in [1.54, 1.807) is 12.1 Å². The summed E-state index contributed by atoms with van der Waals surface area (Å²) in [7, 11) is 0. The summed E-state index contributed by atoms with van der Waals surface area (Å²) in [5.41, 5.74) is 1.29. The summed E-state index contributed by atoms with van der Waals surface area (Å²) in [6, 6.07) is 13.1. The second-order valence-electron chi connectivity index (χ2n) is 7.61. The molecule has 0 saturated carbocycles. The standard InChI is InChI=1S/C22H29N3O3/c1-17(2)20(23-21(26)19-10-6-15-28-19)22(27)25-12-7-11-24(13-14-25)16-18-8-4-3-5-9-18/h3-6,8-10,15,17,20H,7,11-14,16H2,1-2H3,(H,23,26). The van der Waals surface area contributed by atoms with Gasteiger partial charge in [-0.3, -0.25) is 14.5 Å². The van der Waals surface area contributed by atoms with E-state index in [1.165, 1.54) is 11.8 Å². The lowest BCUT2D eigenvalue weighted by Gasteiger charge is -2.29. The predicted molar refractivity (Wildman–Crippen MR) is 108 cm³/mol. The molecule has 6 nitrogen and oxygen atoms in total. The van der Waals surface area contributed by atoms with Gasteiger partial charge in [0.25, 0.3) is 5.91 Å². The highest BCUT2D eigenvalue weighted by Crippen LogP contribution is 2.13. The lowest BCUT2D eigenvalue weighted by molar-refractivity contribution is -0.134. The molecule has 3 rings (SSSR count). The summed E-state index contributed by atoms with van der Waals surface area (Å²) in [4.78, 5) is 29.7. The molecule has 1 saturated heterocycles. The van der Waals surface area contributed by atoms with Gasteiger partial charge >= 0.3 is 0 Å². The fourth-order valence-electron chi connectivity index (χ4n) is 3.52. The molecule has 0 radical (unpaired) electrons. The summed E-state index contributed by atoms with van der Waals surface area (Å²) in [5, 5.41) is 2.85. The first-order chi connectivity index (χ1) is 13.5.